The number of phenolic OH excluding ortho intramolecular Hbond substituents is 1. The van der Waals surface area contributed by atoms with Crippen molar-refractivity contribution in [2.45, 2.75) is 6.92 Å². The number of amides is 1. The van der Waals surface area contributed by atoms with Crippen LogP contribution in [-0.2, 0) is 0 Å². The van der Waals surface area contributed by atoms with Gasteiger partial charge in [0.15, 0.2) is 5.78 Å². The highest BCUT2D eigenvalue weighted by Crippen LogP contribution is 2.18. The van der Waals surface area contributed by atoms with Crippen LogP contribution in [0.4, 0.5) is 0 Å². The summed E-state index contributed by atoms with van der Waals surface area (Å²) < 4.78 is 0. The fraction of sp³-hybridized carbons (Fsp3) is 0.111. The molecule has 74 valence electrons. The number of aromatic hydroxyl groups is 1. The zero-order valence-corrected chi connectivity index (χ0v) is 7.44. The van der Waals surface area contributed by atoms with Crippen LogP contribution in [-0.4, -0.2) is 22.0 Å². The average molecular weight is 195 g/mol. The summed E-state index contributed by atoms with van der Waals surface area (Å²) in [6.45, 7) is 1.34. The maximum absolute atomic E-state index is 11.0. The molecule has 0 aliphatic carbocycles. The second kappa shape index (κ2) is 3.89. The summed E-state index contributed by atoms with van der Waals surface area (Å²) in [7, 11) is 0. The standard InChI is InChI=1S/C9H9NO4/c1-5(11)6-2-3-8(12)7(4-6)9(13)10-14/h2-4,12,14H,1H3,(H,10,13). The van der Waals surface area contributed by atoms with Crippen LogP contribution in [0.15, 0.2) is 18.2 Å². The second-order valence-electron chi connectivity index (χ2n) is 2.73. The normalized spacial score (nSPS) is 9.57. The molecule has 1 aromatic carbocycles. The SMILES string of the molecule is CC(=O)c1ccc(O)c(C(=O)NO)c1. The Morgan fingerprint density at radius 2 is 2.00 bits per heavy atom. The van der Waals surface area contributed by atoms with Crippen LogP contribution in [0, 0.1) is 0 Å². The summed E-state index contributed by atoms with van der Waals surface area (Å²) in [5.41, 5.74) is 1.53. The molecule has 0 saturated heterocycles. The van der Waals surface area contributed by atoms with Gasteiger partial charge in [0.25, 0.3) is 5.91 Å². The first-order valence-electron chi connectivity index (χ1n) is 3.84. The minimum atomic E-state index is -0.856. The van der Waals surface area contributed by atoms with Gasteiger partial charge in [-0.25, -0.2) is 5.48 Å². The van der Waals surface area contributed by atoms with Crippen molar-refractivity contribution in [3.63, 3.8) is 0 Å². The molecule has 0 spiro atoms. The number of nitrogens with one attached hydrogen (secondary N) is 1. The smallest absolute Gasteiger partial charge is 0.278 e. The molecule has 1 amide bonds. The molecule has 0 fully saturated rings. The van der Waals surface area contributed by atoms with E-state index in [1.54, 1.807) is 0 Å². The lowest BCUT2D eigenvalue weighted by Crippen LogP contribution is -2.19. The predicted octanol–water partition coefficient (Wildman–Crippen LogP) is 0.714. The van der Waals surface area contributed by atoms with Gasteiger partial charge in [-0.1, -0.05) is 0 Å². The first-order chi connectivity index (χ1) is 6.56. The number of hydrogen-bond donors (Lipinski definition) is 3. The van der Waals surface area contributed by atoms with Gasteiger partial charge in [-0.2, -0.15) is 0 Å². The second-order valence-corrected chi connectivity index (χ2v) is 2.73. The van der Waals surface area contributed by atoms with Gasteiger partial charge in [0.1, 0.15) is 5.75 Å². The lowest BCUT2D eigenvalue weighted by Gasteiger charge is -2.03. The van der Waals surface area contributed by atoms with Crippen LogP contribution < -0.4 is 5.48 Å². The minimum Gasteiger partial charge on any atom is -0.507 e. The van der Waals surface area contributed by atoms with E-state index in [0.29, 0.717) is 5.56 Å². The third kappa shape index (κ3) is 1.89. The van der Waals surface area contributed by atoms with Gasteiger partial charge in [0.05, 0.1) is 5.56 Å². The Labute approximate surface area is 79.9 Å². The Morgan fingerprint density at radius 3 is 2.50 bits per heavy atom. The number of ketones is 1. The van der Waals surface area contributed by atoms with Crippen LogP contribution in [0.25, 0.3) is 0 Å². The van der Waals surface area contributed by atoms with Crippen molar-refractivity contribution >= 4 is 11.7 Å². The molecule has 0 aliphatic heterocycles. The van der Waals surface area contributed by atoms with Crippen molar-refractivity contribution in [1.29, 1.82) is 0 Å². The summed E-state index contributed by atoms with van der Waals surface area (Å²) in [5.74, 6) is -1.37. The maximum atomic E-state index is 11.0. The van der Waals surface area contributed by atoms with E-state index in [2.05, 4.69) is 0 Å². The summed E-state index contributed by atoms with van der Waals surface area (Å²) in [6.07, 6.45) is 0. The Hall–Kier alpha value is -1.88. The van der Waals surface area contributed by atoms with E-state index in [1.165, 1.54) is 30.6 Å². The molecule has 5 nitrogen and oxygen atoms in total. The van der Waals surface area contributed by atoms with Crippen LogP contribution in [0.3, 0.4) is 0 Å². The summed E-state index contributed by atoms with van der Waals surface area (Å²) in [5, 5.41) is 17.6. The van der Waals surface area contributed by atoms with Crippen molar-refractivity contribution in [3.05, 3.63) is 29.3 Å². The molecule has 14 heavy (non-hydrogen) atoms. The zero-order chi connectivity index (χ0) is 10.7. The summed E-state index contributed by atoms with van der Waals surface area (Å²) in [4.78, 5) is 21.9. The Bertz CT molecular complexity index is 386. The highest BCUT2D eigenvalue weighted by molar-refractivity contribution is 6.00. The molecule has 0 saturated carbocycles. The third-order valence-electron chi connectivity index (χ3n) is 1.75. The quantitative estimate of drug-likeness (QED) is 0.368. The largest absolute Gasteiger partial charge is 0.507 e. The van der Waals surface area contributed by atoms with Crippen molar-refractivity contribution in [2.24, 2.45) is 0 Å². The number of hydrogen-bond acceptors (Lipinski definition) is 4. The van der Waals surface area contributed by atoms with E-state index in [1.807, 2.05) is 0 Å². The molecule has 0 unspecified atom stereocenters. The van der Waals surface area contributed by atoms with E-state index < -0.39 is 5.91 Å². The minimum absolute atomic E-state index is 0.139. The van der Waals surface area contributed by atoms with Crippen LogP contribution in [0.2, 0.25) is 0 Å². The average Bonchev–Trinajstić information content (AvgIpc) is 2.17. The van der Waals surface area contributed by atoms with E-state index in [9.17, 15) is 14.7 Å². The van der Waals surface area contributed by atoms with Crippen molar-refractivity contribution in [3.8, 4) is 5.75 Å². The van der Waals surface area contributed by atoms with Crippen LogP contribution in [0.5, 0.6) is 5.75 Å². The fourth-order valence-corrected chi connectivity index (χ4v) is 0.997. The van der Waals surface area contributed by atoms with Gasteiger partial charge in [-0.05, 0) is 25.1 Å². The molecule has 0 radical (unpaired) electrons. The molecule has 0 aliphatic rings. The molecule has 0 bridgehead atoms. The number of rotatable bonds is 2. The molecular weight excluding hydrogens is 186 g/mol. The molecule has 0 heterocycles. The van der Waals surface area contributed by atoms with E-state index in [-0.39, 0.29) is 17.1 Å². The number of Topliss-reactive ketones (excluding diaryl/α,β-unsaturated/α-hetero) is 1. The van der Waals surface area contributed by atoms with E-state index >= 15 is 0 Å². The monoisotopic (exact) mass is 195 g/mol. The molecule has 1 aromatic rings. The Balaban J connectivity index is 3.21. The molecule has 0 atom stereocenters. The molecule has 1 rings (SSSR count). The third-order valence-corrected chi connectivity index (χ3v) is 1.75. The Kier molecular flexibility index (Phi) is 2.83. The predicted molar refractivity (Wildman–Crippen MR) is 47.4 cm³/mol. The molecule has 3 N–H and O–H groups in total. The topological polar surface area (TPSA) is 86.6 Å². The number of benzene rings is 1. The first kappa shape index (κ1) is 10.2. The fourth-order valence-electron chi connectivity index (χ4n) is 0.997. The molecule has 0 aromatic heterocycles. The lowest BCUT2D eigenvalue weighted by atomic mass is 10.1. The zero-order valence-electron chi connectivity index (χ0n) is 7.44. The van der Waals surface area contributed by atoms with Gasteiger partial charge in [0, 0.05) is 5.56 Å². The van der Waals surface area contributed by atoms with Crippen molar-refractivity contribution < 1.29 is 19.9 Å². The van der Waals surface area contributed by atoms with E-state index in [4.69, 9.17) is 5.21 Å². The van der Waals surface area contributed by atoms with Crippen molar-refractivity contribution in [2.75, 3.05) is 0 Å². The van der Waals surface area contributed by atoms with Crippen LogP contribution in [0.1, 0.15) is 27.6 Å². The maximum Gasteiger partial charge on any atom is 0.278 e. The van der Waals surface area contributed by atoms with Gasteiger partial charge in [-0.15, -0.1) is 0 Å². The van der Waals surface area contributed by atoms with Gasteiger partial charge >= 0.3 is 0 Å². The van der Waals surface area contributed by atoms with E-state index in [0.717, 1.165) is 0 Å². The molecule has 5 heteroatoms. The lowest BCUT2D eigenvalue weighted by molar-refractivity contribution is 0.0703. The van der Waals surface area contributed by atoms with Crippen LogP contribution >= 0.6 is 0 Å². The number of carbonyl (C=O) groups excluding carboxylic acids is 2. The number of carbonyl (C=O) groups is 2. The highest BCUT2D eigenvalue weighted by atomic mass is 16.5. The number of phenols is 1. The first-order valence-corrected chi connectivity index (χ1v) is 3.84. The summed E-state index contributed by atoms with van der Waals surface area (Å²) in [6, 6.07) is 3.83. The highest BCUT2D eigenvalue weighted by Gasteiger charge is 2.12. The van der Waals surface area contributed by atoms with Gasteiger partial charge < -0.3 is 5.11 Å². The Morgan fingerprint density at radius 1 is 1.36 bits per heavy atom. The van der Waals surface area contributed by atoms with Gasteiger partial charge in [-0.3, -0.25) is 14.8 Å². The molecular formula is C9H9NO4. The summed E-state index contributed by atoms with van der Waals surface area (Å²) >= 11 is 0. The number of hydroxylamine groups is 1. The van der Waals surface area contributed by atoms with Gasteiger partial charge in [0.2, 0.25) is 0 Å². The van der Waals surface area contributed by atoms with Crippen molar-refractivity contribution in [1.82, 2.24) is 5.48 Å².